The number of aryl methyl sites for hydroxylation is 1. The van der Waals surface area contributed by atoms with E-state index in [9.17, 15) is 9.59 Å². The molecular formula is C24H25NO3. The van der Waals surface area contributed by atoms with Crippen molar-refractivity contribution in [3.63, 3.8) is 0 Å². The van der Waals surface area contributed by atoms with Crippen molar-refractivity contribution >= 4 is 11.8 Å². The summed E-state index contributed by atoms with van der Waals surface area (Å²) in [6.45, 7) is 5.89. The molecule has 1 heterocycles. The van der Waals surface area contributed by atoms with Gasteiger partial charge in [0, 0.05) is 29.3 Å². The summed E-state index contributed by atoms with van der Waals surface area (Å²) >= 11 is 0. The van der Waals surface area contributed by atoms with Gasteiger partial charge in [0.05, 0.1) is 12.2 Å². The lowest BCUT2D eigenvalue weighted by atomic mass is 9.87. The van der Waals surface area contributed by atoms with Crippen molar-refractivity contribution in [2.24, 2.45) is 0 Å². The van der Waals surface area contributed by atoms with E-state index in [2.05, 4.69) is 4.98 Å². The van der Waals surface area contributed by atoms with E-state index in [-0.39, 0.29) is 17.7 Å². The number of H-pyrrole nitrogens is 1. The summed E-state index contributed by atoms with van der Waals surface area (Å²) in [5, 5.41) is 0. The molecule has 1 unspecified atom stereocenters. The number of rotatable bonds is 7. The average molecular weight is 375 g/mol. The second-order valence-corrected chi connectivity index (χ2v) is 6.84. The molecule has 0 aliphatic rings. The van der Waals surface area contributed by atoms with Crippen molar-refractivity contribution < 1.29 is 14.3 Å². The highest BCUT2D eigenvalue weighted by Gasteiger charge is 2.27. The van der Waals surface area contributed by atoms with Gasteiger partial charge >= 0.3 is 5.97 Å². The van der Waals surface area contributed by atoms with E-state index in [0.717, 1.165) is 22.5 Å². The number of aromatic nitrogens is 1. The predicted molar refractivity (Wildman–Crippen MR) is 110 cm³/mol. The smallest absolute Gasteiger partial charge is 0.340 e. The molecule has 0 fully saturated rings. The number of ketones is 1. The van der Waals surface area contributed by atoms with Gasteiger partial charge in [-0.05, 0) is 31.9 Å². The van der Waals surface area contributed by atoms with Crippen LogP contribution in [0.2, 0.25) is 0 Å². The van der Waals surface area contributed by atoms with Gasteiger partial charge in [0.2, 0.25) is 0 Å². The first-order chi connectivity index (χ1) is 13.5. The third-order valence-corrected chi connectivity index (χ3v) is 4.99. The third-order valence-electron chi connectivity index (χ3n) is 4.99. The van der Waals surface area contributed by atoms with Crippen LogP contribution >= 0.6 is 0 Å². The number of hydrogen-bond donors (Lipinski definition) is 1. The van der Waals surface area contributed by atoms with Crippen LogP contribution < -0.4 is 0 Å². The van der Waals surface area contributed by atoms with Crippen molar-refractivity contribution in [3.8, 4) is 0 Å². The van der Waals surface area contributed by atoms with Gasteiger partial charge in [0.25, 0.3) is 0 Å². The molecule has 0 amide bonds. The largest absolute Gasteiger partial charge is 0.462 e. The minimum absolute atomic E-state index is 0.0683. The summed E-state index contributed by atoms with van der Waals surface area (Å²) in [5.74, 6) is -0.434. The Hall–Kier alpha value is -3.14. The Kier molecular flexibility index (Phi) is 6.09. The number of carbonyl (C=O) groups excluding carboxylic acids is 2. The van der Waals surface area contributed by atoms with E-state index in [1.807, 2.05) is 74.5 Å². The predicted octanol–water partition coefficient (Wildman–Crippen LogP) is 5.21. The maximum absolute atomic E-state index is 12.9. The lowest BCUT2D eigenvalue weighted by molar-refractivity contribution is 0.0525. The molecule has 2 aromatic carbocycles. The van der Waals surface area contributed by atoms with Crippen molar-refractivity contribution in [1.82, 2.24) is 4.98 Å². The summed E-state index contributed by atoms with van der Waals surface area (Å²) in [5.41, 5.74) is 4.77. The van der Waals surface area contributed by atoms with Gasteiger partial charge in [-0.15, -0.1) is 0 Å². The van der Waals surface area contributed by atoms with Gasteiger partial charge < -0.3 is 9.72 Å². The van der Waals surface area contributed by atoms with Crippen molar-refractivity contribution in [2.75, 3.05) is 6.61 Å². The summed E-state index contributed by atoms with van der Waals surface area (Å²) in [4.78, 5) is 28.7. The van der Waals surface area contributed by atoms with Crippen LogP contribution in [0.1, 0.15) is 62.5 Å². The molecule has 4 nitrogen and oxygen atoms in total. The average Bonchev–Trinajstić information content (AvgIpc) is 3.01. The van der Waals surface area contributed by atoms with Crippen LogP contribution in [0.5, 0.6) is 0 Å². The molecule has 3 rings (SSSR count). The lowest BCUT2D eigenvalue weighted by Gasteiger charge is -2.17. The zero-order valence-corrected chi connectivity index (χ0v) is 16.5. The number of carbonyl (C=O) groups is 2. The Bertz CT molecular complexity index is 958. The SMILES string of the molecule is CCOC(=O)c1c(C)[nH]c(C(CC(=O)c2ccccc2)c2ccccc2)c1C. The molecule has 4 heteroatoms. The molecule has 0 spiro atoms. The Labute approximate surface area is 165 Å². The first kappa shape index (κ1) is 19.6. The summed E-state index contributed by atoms with van der Waals surface area (Å²) in [6.07, 6.45) is 0.317. The second-order valence-electron chi connectivity index (χ2n) is 6.84. The van der Waals surface area contributed by atoms with Gasteiger partial charge in [-0.2, -0.15) is 0 Å². The van der Waals surface area contributed by atoms with Crippen LogP contribution in [0, 0.1) is 13.8 Å². The van der Waals surface area contributed by atoms with Crippen LogP contribution in [0.15, 0.2) is 60.7 Å². The fraction of sp³-hybridized carbons (Fsp3) is 0.250. The fourth-order valence-corrected chi connectivity index (χ4v) is 3.63. The highest BCUT2D eigenvalue weighted by molar-refractivity contribution is 5.97. The van der Waals surface area contributed by atoms with Gasteiger partial charge in [0.15, 0.2) is 5.78 Å². The molecule has 1 atom stereocenters. The highest BCUT2D eigenvalue weighted by Crippen LogP contribution is 2.33. The third kappa shape index (κ3) is 4.06. The van der Waals surface area contributed by atoms with E-state index < -0.39 is 0 Å². The number of aromatic amines is 1. The van der Waals surface area contributed by atoms with Gasteiger partial charge in [-0.1, -0.05) is 60.7 Å². The maximum atomic E-state index is 12.9. The van der Waals surface area contributed by atoms with E-state index in [4.69, 9.17) is 4.74 Å². The van der Waals surface area contributed by atoms with Crippen LogP contribution in [-0.2, 0) is 4.74 Å². The number of benzene rings is 2. The summed E-state index contributed by atoms with van der Waals surface area (Å²) in [6, 6.07) is 19.2. The minimum atomic E-state index is -0.332. The number of Topliss-reactive ketones (excluding diaryl/α,β-unsaturated/α-hetero) is 1. The first-order valence-electron chi connectivity index (χ1n) is 9.52. The van der Waals surface area contributed by atoms with E-state index in [1.54, 1.807) is 6.92 Å². The number of hydrogen-bond acceptors (Lipinski definition) is 3. The summed E-state index contributed by atoms with van der Waals surface area (Å²) in [7, 11) is 0. The fourth-order valence-electron chi connectivity index (χ4n) is 3.63. The molecule has 0 saturated carbocycles. The van der Waals surface area contributed by atoms with E-state index in [0.29, 0.717) is 24.2 Å². The minimum Gasteiger partial charge on any atom is -0.462 e. The molecule has 0 aliphatic heterocycles. The van der Waals surface area contributed by atoms with Crippen molar-refractivity contribution in [1.29, 1.82) is 0 Å². The lowest BCUT2D eigenvalue weighted by Crippen LogP contribution is -2.11. The zero-order chi connectivity index (χ0) is 20.1. The molecule has 3 aromatic rings. The van der Waals surface area contributed by atoms with Crippen LogP contribution in [0.4, 0.5) is 0 Å². The number of esters is 1. The van der Waals surface area contributed by atoms with Crippen LogP contribution in [0.3, 0.4) is 0 Å². The van der Waals surface area contributed by atoms with Gasteiger partial charge in [0.1, 0.15) is 0 Å². The summed E-state index contributed by atoms with van der Waals surface area (Å²) < 4.78 is 5.21. The standard InChI is InChI=1S/C24H25NO3/c1-4-28-24(27)22-16(2)23(25-17(22)3)20(18-11-7-5-8-12-18)15-21(26)19-13-9-6-10-14-19/h5-14,20,25H,4,15H2,1-3H3. The quantitative estimate of drug-likeness (QED) is 0.455. The topological polar surface area (TPSA) is 59.2 Å². The molecule has 1 N–H and O–H groups in total. The maximum Gasteiger partial charge on any atom is 0.340 e. The normalized spacial score (nSPS) is 11.8. The Morgan fingerprint density at radius 2 is 1.57 bits per heavy atom. The van der Waals surface area contributed by atoms with Crippen molar-refractivity contribution in [2.45, 2.75) is 33.1 Å². The van der Waals surface area contributed by atoms with Crippen LogP contribution in [0.25, 0.3) is 0 Å². The second kappa shape index (κ2) is 8.70. The highest BCUT2D eigenvalue weighted by atomic mass is 16.5. The molecular weight excluding hydrogens is 350 g/mol. The number of ether oxygens (including phenoxy) is 1. The molecule has 0 aliphatic carbocycles. The van der Waals surface area contributed by atoms with E-state index >= 15 is 0 Å². The monoisotopic (exact) mass is 375 g/mol. The number of nitrogens with one attached hydrogen (secondary N) is 1. The molecule has 144 valence electrons. The van der Waals surface area contributed by atoms with Crippen molar-refractivity contribution in [3.05, 3.63) is 94.3 Å². The van der Waals surface area contributed by atoms with Gasteiger partial charge in [-0.3, -0.25) is 4.79 Å². The van der Waals surface area contributed by atoms with E-state index in [1.165, 1.54) is 0 Å². The Morgan fingerprint density at radius 3 is 2.18 bits per heavy atom. The Morgan fingerprint density at radius 1 is 0.964 bits per heavy atom. The zero-order valence-electron chi connectivity index (χ0n) is 16.5. The van der Waals surface area contributed by atoms with Gasteiger partial charge in [-0.25, -0.2) is 4.79 Å². The molecule has 0 bridgehead atoms. The Balaban J connectivity index is 2.02. The molecule has 0 saturated heterocycles. The first-order valence-corrected chi connectivity index (χ1v) is 9.52. The molecule has 0 radical (unpaired) electrons. The molecule has 28 heavy (non-hydrogen) atoms. The molecule has 1 aromatic heterocycles. The van der Waals surface area contributed by atoms with Crippen LogP contribution in [-0.4, -0.2) is 23.3 Å².